The molecule has 1 saturated carbocycles. The van der Waals surface area contributed by atoms with Crippen molar-refractivity contribution in [3.8, 4) is 0 Å². The van der Waals surface area contributed by atoms with Crippen LogP contribution in [0.2, 0.25) is 0 Å². The summed E-state index contributed by atoms with van der Waals surface area (Å²) in [6.45, 7) is 4.51. The molecule has 1 heterocycles. The maximum absolute atomic E-state index is 13.2. The number of carbonyl (C=O) groups is 1. The summed E-state index contributed by atoms with van der Waals surface area (Å²) in [5, 5.41) is 2.78. The van der Waals surface area contributed by atoms with E-state index in [9.17, 15) is 9.18 Å². The zero-order chi connectivity index (χ0) is 10.8. The van der Waals surface area contributed by atoms with Gasteiger partial charge in [-0.25, -0.2) is 4.39 Å². The number of halogens is 1. The van der Waals surface area contributed by atoms with E-state index < -0.39 is 12.1 Å². The topological polar surface area (TPSA) is 29.1 Å². The van der Waals surface area contributed by atoms with Crippen LogP contribution in [-0.2, 0) is 4.79 Å². The van der Waals surface area contributed by atoms with Crippen molar-refractivity contribution in [3.05, 3.63) is 11.3 Å². The van der Waals surface area contributed by atoms with Crippen molar-refractivity contribution in [2.24, 2.45) is 17.3 Å². The lowest BCUT2D eigenvalue weighted by Gasteiger charge is -2.58. The Morgan fingerprint density at radius 3 is 2.80 bits per heavy atom. The fourth-order valence-electron chi connectivity index (χ4n) is 3.39. The van der Waals surface area contributed by atoms with Gasteiger partial charge in [0.05, 0.1) is 0 Å². The molecule has 82 valence electrons. The number of amides is 1. The monoisotopic (exact) mass is 209 g/mol. The standard InChI is InChI=1S/C12H16FNO/c1-12(2)7-3-6-4-9(13)11(15)14-10(6)8(12)5-7/h7-9H,3-5H2,1-2H3,(H,14,15)/t7-,8-,9?/m0/s1. The van der Waals surface area contributed by atoms with Crippen LogP contribution >= 0.6 is 0 Å². The maximum Gasteiger partial charge on any atom is 0.259 e. The number of rotatable bonds is 0. The number of hydrogen-bond donors (Lipinski definition) is 1. The average Bonchev–Trinajstić information content (AvgIpc) is 2.18. The Balaban J connectivity index is 1.97. The van der Waals surface area contributed by atoms with E-state index in [1.54, 1.807) is 0 Å². The minimum Gasteiger partial charge on any atom is -0.327 e. The molecule has 4 aliphatic rings. The van der Waals surface area contributed by atoms with E-state index in [2.05, 4.69) is 19.2 Å². The molecule has 1 fully saturated rings. The lowest BCUT2D eigenvalue weighted by atomic mass is 9.48. The number of alkyl halides is 1. The van der Waals surface area contributed by atoms with Gasteiger partial charge in [-0.05, 0) is 29.7 Å². The lowest BCUT2D eigenvalue weighted by Crippen LogP contribution is -2.55. The Bertz CT molecular complexity index is 372. The summed E-state index contributed by atoms with van der Waals surface area (Å²) in [6.07, 6.45) is 1.18. The minimum absolute atomic E-state index is 0.301. The van der Waals surface area contributed by atoms with E-state index in [1.807, 2.05) is 0 Å². The highest BCUT2D eigenvalue weighted by Gasteiger charge is 2.55. The van der Waals surface area contributed by atoms with Crippen molar-refractivity contribution in [2.75, 3.05) is 0 Å². The van der Waals surface area contributed by atoms with Gasteiger partial charge < -0.3 is 5.32 Å². The number of hydrogen-bond acceptors (Lipinski definition) is 1. The quantitative estimate of drug-likeness (QED) is 0.651. The molecule has 3 aliphatic carbocycles. The number of nitrogens with one attached hydrogen (secondary N) is 1. The average molecular weight is 209 g/mol. The molecule has 2 nitrogen and oxygen atoms in total. The van der Waals surface area contributed by atoms with E-state index in [-0.39, 0.29) is 0 Å². The summed E-state index contributed by atoms with van der Waals surface area (Å²) in [7, 11) is 0. The third-order valence-corrected chi connectivity index (χ3v) is 4.66. The van der Waals surface area contributed by atoms with Crippen LogP contribution in [0.15, 0.2) is 11.3 Å². The minimum atomic E-state index is -1.32. The molecule has 4 rings (SSSR count). The second-order valence-corrected chi connectivity index (χ2v) is 5.69. The van der Waals surface area contributed by atoms with E-state index in [1.165, 1.54) is 12.0 Å². The molecule has 3 atom stereocenters. The van der Waals surface area contributed by atoms with Gasteiger partial charge in [-0.15, -0.1) is 0 Å². The third kappa shape index (κ3) is 1.06. The fraction of sp³-hybridized carbons (Fsp3) is 0.750. The van der Waals surface area contributed by atoms with E-state index in [0.717, 1.165) is 12.1 Å². The van der Waals surface area contributed by atoms with Gasteiger partial charge in [0, 0.05) is 18.0 Å². The Morgan fingerprint density at radius 1 is 1.40 bits per heavy atom. The molecule has 1 aliphatic heterocycles. The van der Waals surface area contributed by atoms with Crippen LogP contribution in [0.25, 0.3) is 0 Å². The molecular weight excluding hydrogens is 193 g/mol. The summed E-state index contributed by atoms with van der Waals surface area (Å²) in [6, 6.07) is 0. The highest BCUT2D eigenvalue weighted by atomic mass is 19.1. The first kappa shape index (κ1) is 9.37. The van der Waals surface area contributed by atoms with Crippen LogP contribution in [0.4, 0.5) is 4.39 Å². The molecule has 0 radical (unpaired) electrons. The van der Waals surface area contributed by atoms with E-state index >= 15 is 0 Å². The normalized spacial score (nSPS) is 41.8. The Morgan fingerprint density at radius 2 is 2.13 bits per heavy atom. The molecule has 1 amide bonds. The molecule has 2 bridgehead atoms. The SMILES string of the molecule is CC1(C)[C@H]2CC3=C(NC(=O)C(F)C3)[C@@H]1C2. The van der Waals surface area contributed by atoms with Crippen molar-refractivity contribution in [1.29, 1.82) is 0 Å². The Labute approximate surface area is 88.9 Å². The van der Waals surface area contributed by atoms with Gasteiger partial charge in [-0.1, -0.05) is 13.8 Å². The Kier molecular flexibility index (Phi) is 1.64. The summed E-state index contributed by atoms with van der Waals surface area (Å²) in [5.41, 5.74) is 2.53. The van der Waals surface area contributed by atoms with Crippen LogP contribution in [0.3, 0.4) is 0 Å². The first-order chi connectivity index (χ1) is 7.00. The maximum atomic E-state index is 13.2. The first-order valence-corrected chi connectivity index (χ1v) is 5.67. The van der Waals surface area contributed by atoms with Crippen LogP contribution < -0.4 is 5.32 Å². The molecule has 0 saturated heterocycles. The van der Waals surface area contributed by atoms with Crippen molar-refractivity contribution >= 4 is 5.91 Å². The van der Waals surface area contributed by atoms with Crippen molar-refractivity contribution in [2.45, 2.75) is 39.3 Å². The van der Waals surface area contributed by atoms with E-state index in [0.29, 0.717) is 23.7 Å². The number of allylic oxidation sites excluding steroid dienone is 2. The van der Waals surface area contributed by atoms with Crippen LogP contribution in [-0.4, -0.2) is 12.1 Å². The smallest absolute Gasteiger partial charge is 0.259 e. The van der Waals surface area contributed by atoms with Gasteiger partial charge in [-0.3, -0.25) is 4.79 Å². The molecule has 15 heavy (non-hydrogen) atoms. The highest BCUT2D eigenvalue weighted by molar-refractivity contribution is 5.84. The summed E-state index contributed by atoms with van der Waals surface area (Å²) < 4.78 is 13.2. The van der Waals surface area contributed by atoms with Crippen molar-refractivity contribution < 1.29 is 9.18 Å². The van der Waals surface area contributed by atoms with Gasteiger partial charge in [0.2, 0.25) is 0 Å². The second-order valence-electron chi connectivity index (χ2n) is 5.69. The molecule has 0 spiro atoms. The van der Waals surface area contributed by atoms with Crippen LogP contribution in [0.1, 0.15) is 33.1 Å². The Hall–Kier alpha value is -0.860. The molecule has 3 heteroatoms. The lowest BCUT2D eigenvalue weighted by molar-refractivity contribution is -0.127. The summed E-state index contributed by atoms with van der Waals surface area (Å²) in [5.74, 6) is 0.723. The summed E-state index contributed by atoms with van der Waals surface area (Å²) >= 11 is 0. The number of carbonyl (C=O) groups excluding carboxylic acids is 1. The molecule has 1 unspecified atom stereocenters. The highest BCUT2D eigenvalue weighted by Crippen LogP contribution is 2.61. The van der Waals surface area contributed by atoms with Crippen LogP contribution in [0.5, 0.6) is 0 Å². The molecular formula is C12H16FNO. The second kappa shape index (κ2) is 2.63. The predicted octanol–water partition coefficient (Wildman–Crippen LogP) is 2.16. The zero-order valence-corrected chi connectivity index (χ0v) is 9.14. The first-order valence-electron chi connectivity index (χ1n) is 5.67. The molecule has 0 aromatic rings. The van der Waals surface area contributed by atoms with Gasteiger partial charge in [0.15, 0.2) is 6.17 Å². The van der Waals surface area contributed by atoms with Gasteiger partial charge >= 0.3 is 0 Å². The van der Waals surface area contributed by atoms with Crippen LogP contribution in [0, 0.1) is 17.3 Å². The fourth-order valence-corrected chi connectivity index (χ4v) is 3.39. The predicted molar refractivity (Wildman–Crippen MR) is 54.7 cm³/mol. The van der Waals surface area contributed by atoms with Gasteiger partial charge in [0.25, 0.3) is 5.91 Å². The van der Waals surface area contributed by atoms with Crippen molar-refractivity contribution in [3.63, 3.8) is 0 Å². The molecule has 0 aromatic heterocycles. The van der Waals surface area contributed by atoms with Gasteiger partial charge in [0.1, 0.15) is 0 Å². The van der Waals surface area contributed by atoms with Crippen molar-refractivity contribution in [1.82, 2.24) is 5.32 Å². The third-order valence-electron chi connectivity index (χ3n) is 4.66. The zero-order valence-electron chi connectivity index (χ0n) is 9.14. The summed E-state index contributed by atoms with van der Waals surface area (Å²) in [4.78, 5) is 11.3. The molecule has 0 aromatic carbocycles. The van der Waals surface area contributed by atoms with Gasteiger partial charge in [-0.2, -0.15) is 0 Å². The van der Waals surface area contributed by atoms with E-state index in [4.69, 9.17) is 0 Å². The largest absolute Gasteiger partial charge is 0.327 e. The molecule has 1 N–H and O–H groups in total.